The zero-order chi connectivity index (χ0) is 28.4. The lowest BCUT2D eigenvalue weighted by molar-refractivity contribution is -0.139. The quantitative estimate of drug-likeness (QED) is 0.344. The Morgan fingerprint density at radius 3 is 2.13 bits per heavy atom. The van der Waals surface area contributed by atoms with Crippen molar-refractivity contribution in [3.8, 4) is 5.75 Å². The molecule has 208 valence electrons. The van der Waals surface area contributed by atoms with E-state index in [1.165, 1.54) is 24.1 Å². The molecule has 0 aliphatic rings. The van der Waals surface area contributed by atoms with Gasteiger partial charge in [-0.3, -0.25) is 13.9 Å². The van der Waals surface area contributed by atoms with E-state index in [0.29, 0.717) is 30.9 Å². The highest BCUT2D eigenvalue weighted by Crippen LogP contribution is 2.27. The average Bonchev–Trinajstić information content (AvgIpc) is 2.95. The number of nitrogens with zero attached hydrogens (tertiary/aromatic N) is 2. The maximum atomic E-state index is 13.9. The van der Waals surface area contributed by atoms with Crippen molar-refractivity contribution in [1.82, 2.24) is 10.2 Å². The van der Waals surface area contributed by atoms with E-state index in [-0.39, 0.29) is 17.3 Å². The van der Waals surface area contributed by atoms with E-state index in [0.717, 1.165) is 15.4 Å². The fraction of sp³-hybridized carbons (Fsp3) is 0.333. The molecule has 0 bridgehead atoms. The first-order valence-corrected chi connectivity index (χ1v) is 14.5. The summed E-state index contributed by atoms with van der Waals surface area (Å²) in [5, 5.41) is 2.64. The molecule has 0 saturated carbocycles. The number of ether oxygens (including phenoxy) is 1. The molecule has 1 N–H and O–H groups in total. The molecule has 0 spiro atoms. The molecule has 8 nitrogen and oxygen atoms in total. The number of carbonyl (C=O) groups excluding carboxylic acids is 2. The van der Waals surface area contributed by atoms with Gasteiger partial charge in [0.1, 0.15) is 18.3 Å². The number of likely N-dealkylation sites (N-methyl/N-ethyl adjacent to an activating group) is 1. The lowest BCUT2D eigenvalue weighted by Crippen LogP contribution is -2.52. The summed E-state index contributed by atoms with van der Waals surface area (Å²) < 4.78 is 34.3. The van der Waals surface area contributed by atoms with E-state index in [1.54, 1.807) is 36.4 Å². The lowest BCUT2D eigenvalue weighted by atomic mass is 10.1. The smallest absolute Gasteiger partial charge is 0.264 e. The van der Waals surface area contributed by atoms with E-state index in [9.17, 15) is 18.0 Å². The number of hydrogen-bond acceptors (Lipinski definition) is 5. The summed E-state index contributed by atoms with van der Waals surface area (Å²) in [6.07, 6.45) is 0.905. The van der Waals surface area contributed by atoms with E-state index >= 15 is 0 Å². The van der Waals surface area contributed by atoms with Crippen LogP contribution in [-0.2, 0) is 26.0 Å². The van der Waals surface area contributed by atoms with Crippen LogP contribution in [0.4, 0.5) is 5.69 Å². The van der Waals surface area contributed by atoms with Gasteiger partial charge in [-0.15, -0.1) is 0 Å². The number of carbonyl (C=O) groups is 2. The van der Waals surface area contributed by atoms with Gasteiger partial charge in [-0.25, -0.2) is 8.42 Å². The fourth-order valence-corrected chi connectivity index (χ4v) is 5.72. The molecule has 9 heteroatoms. The van der Waals surface area contributed by atoms with Crippen molar-refractivity contribution in [1.29, 1.82) is 0 Å². The second-order valence-electron chi connectivity index (χ2n) is 9.11. The number of sulfonamides is 1. The third-order valence-corrected chi connectivity index (χ3v) is 8.23. The third kappa shape index (κ3) is 7.60. The monoisotopic (exact) mass is 551 g/mol. The van der Waals surface area contributed by atoms with Crippen molar-refractivity contribution < 1.29 is 22.7 Å². The van der Waals surface area contributed by atoms with Crippen LogP contribution < -0.4 is 14.4 Å². The number of anilines is 1. The molecule has 39 heavy (non-hydrogen) atoms. The van der Waals surface area contributed by atoms with Crippen LogP contribution in [-0.4, -0.2) is 57.9 Å². The first kappa shape index (κ1) is 29.7. The Morgan fingerprint density at radius 1 is 0.923 bits per heavy atom. The van der Waals surface area contributed by atoms with Crippen LogP contribution in [0.5, 0.6) is 5.75 Å². The summed E-state index contributed by atoms with van der Waals surface area (Å²) in [6, 6.07) is 22.0. The van der Waals surface area contributed by atoms with Crippen molar-refractivity contribution in [3.63, 3.8) is 0 Å². The van der Waals surface area contributed by atoms with Crippen LogP contribution in [0.1, 0.15) is 31.4 Å². The lowest BCUT2D eigenvalue weighted by Gasteiger charge is -2.33. The normalized spacial score (nSPS) is 11.9. The van der Waals surface area contributed by atoms with Gasteiger partial charge in [-0.1, -0.05) is 55.0 Å². The Kier molecular flexibility index (Phi) is 10.5. The zero-order valence-corrected chi connectivity index (χ0v) is 23.8. The fourth-order valence-electron chi connectivity index (χ4n) is 4.30. The standard InChI is InChI=1S/C30H37N3O5S/c1-5-28(30(35)31-4)32(21-20-24-10-8-7-9-11-24)29(34)22-33(25-14-16-26(17-15-25)38-6-2)39(36,37)27-18-12-23(3)13-19-27/h7-19,28H,5-6,20-22H2,1-4H3,(H,31,35)/t28-/m0/s1. The largest absolute Gasteiger partial charge is 0.494 e. The SMILES string of the molecule is CCOc1ccc(N(CC(=O)N(CCc2ccccc2)[C@@H](CC)C(=O)NC)S(=O)(=O)c2ccc(C)cc2)cc1. The Labute approximate surface area is 231 Å². The molecule has 1 atom stereocenters. The van der Waals surface area contributed by atoms with Crippen molar-refractivity contribution in [2.45, 2.75) is 44.6 Å². The Morgan fingerprint density at radius 2 is 1.56 bits per heavy atom. The van der Waals surface area contributed by atoms with Gasteiger partial charge in [0.25, 0.3) is 10.0 Å². The number of rotatable bonds is 13. The van der Waals surface area contributed by atoms with Gasteiger partial charge >= 0.3 is 0 Å². The van der Waals surface area contributed by atoms with Gasteiger partial charge in [0.15, 0.2) is 0 Å². The minimum Gasteiger partial charge on any atom is -0.494 e. The molecule has 0 aliphatic carbocycles. The average molecular weight is 552 g/mol. The topological polar surface area (TPSA) is 96.0 Å². The van der Waals surface area contributed by atoms with Gasteiger partial charge in [0.05, 0.1) is 17.2 Å². The predicted octanol–water partition coefficient (Wildman–Crippen LogP) is 4.18. The van der Waals surface area contributed by atoms with Crippen LogP contribution in [0.2, 0.25) is 0 Å². The summed E-state index contributed by atoms with van der Waals surface area (Å²) in [7, 11) is -2.58. The Hall–Kier alpha value is -3.85. The summed E-state index contributed by atoms with van der Waals surface area (Å²) in [6.45, 7) is 5.83. The highest BCUT2D eigenvalue weighted by molar-refractivity contribution is 7.92. The van der Waals surface area contributed by atoms with Crippen LogP contribution >= 0.6 is 0 Å². The van der Waals surface area contributed by atoms with Crippen molar-refractivity contribution in [2.75, 3.05) is 31.0 Å². The van der Waals surface area contributed by atoms with E-state index in [4.69, 9.17) is 4.74 Å². The summed E-state index contributed by atoms with van der Waals surface area (Å²) in [4.78, 5) is 28.2. The Bertz CT molecular complexity index is 1330. The number of nitrogens with one attached hydrogen (secondary N) is 1. The van der Waals surface area contributed by atoms with Crippen molar-refractivity contribution >= 4 is 27.5 Å². The molecule has 3 aromatic rings. The highest BCUT2D eigenvalue weighted by Gasteiger charge is 2.33. The van der Waals surface area contributed by atoms with Crippen LogP contribution in [0.3, 0.4) is 0 Å². The van der Waals surface area contributed by atoms with Crippen molar-refractivity contribution in [2.24, 2.45) is 0 Å². The molecule has 0 saturated heterocycles. The number of aryl methyl sites for hydroxylation is 1. The minimum atomic E-state index is -4.11. The number of amides is 2. The van der Waals surface area contributed by atoms with E-state index < -0.39 is 28.5 Å². The first-order chi connectivity index (χ1) is 18.7. The molecular weight excluding hydrogens is 514 g/mol. The molecule has 0 unspecified atom stereocenters. The molecule has 0 aromatic heterocycles. The van der Waals surface area contributed by atoms with Gasteiger partial charge in [0, 0.05) is 13.6 Å². The summed E-state index contributed by atoms with van der Waals surface area (Å²) in [5.74, 6) is -0.172. The van der Waals surface area contributed by atoms with Crippen molar-refractivity contribution in [3.05, 3.63) is 90.0 Å². The zero-order valence-electron chi connectivity index (χ0n) is 23.0. The molecule has 3 rings (SSSR count). The second kappa shape index (κ2) is 13.8. The molecule has 0 aliphatic heterocycles. The molecular formula is C30H37N3O5S. The van der Waals surface area contributed by atoms with E-state index in [2.05, 4.69) is 5.32 Å². The maximum Gasteiger partial charge on any atom is 0.264 e. The second-order valence-corrected chi connectivity index (χ2v) is 11.0. The Balaban J connectivity index is 2.00. The van der Waals surface area contributed by atoms with Gasteiger partial charge < -0.3 is 15.0 Å². The third-order valence-electron chi connectivity index (χ3n) is 6.44. The molecule has 0 radical (unpaired) electrons. The van der Waals surface area contributed by atoms with Crippen LogP contribution in [0.25, 0.3) is 0 Å². The predicted molar refractivity (Wildman–Crippen MR) is 153 cm³/mol. The van der Waals surface area contributed by atoms with Gasteiger partial charge in [0.2, 0.25) is 11.8 Å². The van der Waals surface area contributed by atoms with E-state index in [1.807, 2.05) is 51.1 Å². The van der Waals surface area contributed by atoms with Crippen LogP contribution in [0.15, 0.2) is 83.8 Å². The molecule has 2 amide bonds. The minimum absolute atomic E-state index is 0.0731. The summed E-state index contributed by atoms with van der Waals surface area (Å²) >= 11 is 0. The molecule has 0 fully saturated rings. The highest BCUT2D eigenvalue weighted by atomic mass is 32.2. The van der Waals surface area contributed by atoms with Gasteiger partial charge in [-0.2, -0.15) is 0 Å². The molecule has 3 aromatic carbocycles. The number of hydrogen-bond donors (Lipinski definition) is 1. The van der Waals surface area contributed by atoms with Gasteiger partial charge in [-0.05, 0) is 68.7 Å². The summed E-state index contributed by atoms with van der Waals surface area (Å²) in [5.41, 5.74) is 2.25. The van der Waals surface area contributed by atoms with Crippen LogP contribution in [0, 0.1) is 6.92 Å². The maximum absolute atomic E-state index is 13.9. The number of benzene rings is 3. The first-order valence-electron chi connectivity index (χ1n) is 13.1. The molecule has 0 heterocycles.